The van der Waals surface area contributed by atoms with Crippen molar-refractivity contribution >= 4 is 0 Å². The minimum Gasteiger partial charge on any atom is -0.311 e. The average molecular weight is 197 g/mol. The molecular weight excluding hydrogens is 170 g/mol. The van der Waals surface area contributed by atoms with Crippen molar-refractivity contribution in [2.45, 2.75) is 72.4 Å². The second kappa shape index (κ2) is 4.65. The van der Waals surface area contributed by atoms with Gasteiger partial charge < -0.3 is 5.32 Å². The average Bonchev–Trinajstić information content (AvgIpc) is 2.01. The molecule has 0 unspecified atom stereocenters. The van der Waals surface area contributed by atoms with Gasteiger partial charge in [0.25, 0.3) is 0 Å². The van der Waals surface area contributed by atoms with E-state index in [9.17, 15) is 0 Å². The fraction of sp³-hybridized carbons (Fsp3) is 1.00. The monoisotopic (exact) mass is 197 g/mol. The van der Waals surface area contributed by atoms with Crippen LogP contribution in [0.3, 0.4) is 0 Å². The molecule has 0 aliphatic heterocycles. The van der Waals surface area contributed by atoms with Crippen molar-refractivity contribution in [1.82, 2.24) is 5.32 Å². The highest BCUT2D eigenvalue weighted by molar-refractivity contribution is 4.88. The second-order valence-electron chi connectivity index (χ2n) is 6.18. The van der Waals surface area contributed by atoms with Gasteiger partial charge in [0.05, 0.1) is 0 Å². The van der Waals surface area contributed by atoms with Crippen LogP contribution in [0.15, 0.2) is 0 Å². The Bertz CT molecular complexity index is 167. The van der Waals surface area contributed by atoms with Gasteiger partial charge in [-0.05, 0) is 24.2 Å². The van der Waals surface area contributed by atoms with E-state index in [0.717, 1.165) is 12.0 Å². The summed E-state index contributed by atoms with van der Waals surface area (Å²) in [5.41, 5.74) is 0.465. The predicted molar refractivity (Wildman–Crippen MR) is 63.5 cm³/mol. The maximum Gasteiger partial charge on any atom is 0.0103 e. The van der Waals surface area contributed by atoms with Crippen LogP contribution in [0, 0.1) is 11.3 Å². The van der Waals surface area contributed by atoms with Crippen LogP contribution in [-0.2, 0) is 0 Å². The van der Waals surface area contributed by atoms with Gasteiger partial charge in [0, 0.05) is 12.1 Å². The Morgan fingerprint density at radius 1 is 1.07 bits per heavy atom. The predicted octanol–water partition coefficient (Wildman–Crippen LogP) is 3.59. The lowest BCUT2D eigenvalue weighted by molar-refractivity contribution is 0.126. The molecule has 1 aliphatic carbocycles. The molecule has 0 aromatic carbocycles. The molecule has 1 rings (SSSR count). The van der Waals surface area contributed by atoms with Crippen LogP contribution >= 0.6 is 0 Å². The summed E-state index contributed by atoms with van der Waals surface area (Å²) in [7, 11) is 0. The van der Waals surface area contributed by atoms with Gasteiger partial charge in [-0.2, -0.15) is 0 Å². The van der Waals surface area contributed by atoms with Gasteiger partial charge in [-0.1, -0.05) is 47.5 Å². The van der Waals surface area contributed by atoms with Crippen LogP contribution in [0.5, 0.6) is 0 Å². The molecule has 14 heavy (non-hydrogen) atoms. The Hall–Kier alpha value is -0.0400. The van der Waals surface area contributed by atoms with Gasteiger partial charge in [0.2, 0.25) is 0 Å². The molecule has 0 bridgehead atoms. The summed E-state index contributed by atoms with van der Waals surface area (Å²) in [6, 6.07) is 1.38. The first-order valence-electron chi connectivity index (χ1n) is 6.17. The van der Waals surface area contributed by atoms with Crippen LogP contribution in [0.25, 0.3) is 0 Å². The van der Waals surface area contributed by atoms with Crippen molar-refractivity contribution in [3.63, 3.8) is 0 Å². The third-order valence-electron chi connectivity index (χ3n) is 3.43. The Kier molecular flexibility index (Phi) is 4.00. The van der Waals surface area contributed by atoms with Crippen molar-refractivity contribution in [1.29, 1.82) is 0 Å². The minimum atomic E-state index is 0.465. The topological polar surface area (TPSA) is 12.0 Å². The Labute approximate surface area is 89.7 Å². The number of hydrogen-bond acceptors (Lipinski definition) is 1. The molecule has 1 aliphatic rings. The quantitative estimate of drug-likeness (QED) is 0.713. The summed E-state index contributed by atoms with van der Waals surface area (Å²) < 4.78 is 0. The highest BCUT2D eigenvalue weighted by Gasteiger charge is 2.33. The van der Waals surface area contributed by atoms with Crippen molar-refractivity contribution in [3.05, 3.63) is 0 Å². The first-order valence-corrected chi connectivity index (χ1v) is 6.17. The fourth-order valence-electron chi connectivity index (χ4n) is 2.80. The molecule has 84 valence electrons. The molecule has 0 aromatic heterocycles. The van der Waals surface area contributed by atoms with Gasteiger partial charge in [0.1, 0.15) is 0 Å². The number of nitrogens with one attached hydrogen (secondary N) is 1. The highest BCUT2D eigenvalue weighted by Crippen LogP contribution is 2.38. The SMILES string of the molecule is CC(C)N[C@H]1CCCC[C@@H]1C(C)(C)C. The Balaban J connectivity index is 2.59. The number of rotatable bonds is 2. The smallest absolute Gasteiger partial charge is 0.0103 e. The van der Waals surface area contributed by atoms with E-state index < -0.39 is 0 Å². The highest BCUT2D eigenvalue weighted by atomic mass is 14.9. The molecule has 0 saturated heterocycles. The van der Waals surface area contributed by atoms with E-state index in [2.05, 4.69) is 39.9 Å². The van der Waals surface area contributed by atoms with Crippen LogP contribution in [-0.4, -0.2) is 12.1 Å². The molecule has 1 N–H and O–H groups in total. The maximum absolute atomic E-state index is 3.74. The molecule has 1 fully saturated rings. The van der Waals surface area contributed by atoms with Gasteiger partial charge in [-0.25, -0.2) is 0 Å². The van der Waals surface area contributed by atoms with Gasteiger partial charge in [-0.15, -0.1) is 0 Å². The normalized spacial score (nSPS) is 29.6. The molecule has 0 radical (unpaired) electrons. The van der Waals surface area contributed by atoms with E-state index >= 15 is 0 Å². The molecular formula is C13H27N. The van der Waals surface area contributed by atoms with Gasteiger partial charge in [0.15, 0.2) is 0 Å². The van der Waals surface area contributed by atoms with Crippen LogP contribution < -0.4 is 5.32 Å². The van der Waals surface area contributed by atoms with E-state index in [1.807, 2.05) is 0 Å². The molecule has 2 atom stereocenters. The largest absolute Gasteiger partial charge is 0.311 e. The van der Waals surface area contributed by atoms with Crippen LogP contribution in [0.4, 0.5) is 0 Å². The van der Waals surface area contributed by atoms with E-state index in [-0.39, 0.29) is 0 Å². The maximum atomic E-state index is 3.74. The third kappa shape index (κ3) is 3.27. The zero-order valence-electron chi connectivity index (χ0n) is 10.6. The van der Waals surface area contributed by atoms with E-state index in [1.54, 1.807) is 0 Å². The third-order valence-corrected chi connectivity index (χ3v) is 3.43. The second-order valence-corrected chi connectivity index (χ2v) is 6.18. The van der Waals surface area contributed by atoms with Crippen LogP contribution in [0.2, 0.25) is 0 Å². The minimum absolute atomic E-state index is 0.465. The standard InChI is InChI=1S/C13H27N/c1-10(2)14-12-9-7-6-8-11(12)13(3,4)5/h10-12,14H,6-9H2,1-5H3/t11-,12-/m0/s1. The zero-order chi connectivity index (χ0) is 10.8. The summed E-state index contributed by atoms with van der Waals surface area (Å²) in [4.78, 5) is 0. The number of hydrogen-bond donors (Lipinski definition) is 1. The molecule has 0 aromatic rings. The van der Waals surface area contributed by atoms with Gasteiger partial charge in [-0.3, -0.25) is 0 Å². The first-order chi connectivity index (χ1) is 6.41. The lowest BCUT2D eigenvalue weighted by Gasteiger charge is -2.41. The Morgan fingerprint density at radius 3 is 2.14 bits per heavy atom. The first kappa shape index (κ1) is 12.0. The summed E-state index contributed by atoms with van der Waals surface area (Å²) in [5.74, 6) is 0.860. The van der Waals surface area contributed by atoms with Crippen LogP contribution in [0.1, 0.15) is 60.3 Å². The van der Waals surface area contributed by atoms with E-state index in [0.29, 0.717) is 11.5 Å². The molecule has 0 spiro atoms. The van der Waals surface area contributed by atoms with E-state index in [1.165, 1.54) is 25.7 Å². The summed E-state index contributed by atoms with van der Waals surface area (Å²) in [6.07, 6.45) is 5.63. The van der Waals surface area contributed by atoms with E-state index in [4.69, 9.17) is 0 Å². The van der Waals surface area contributed by atoms with Gasteiger partial charge >= 0.3 is 0 Å². The van der Waals surface area contributed by atoms with Crippen molar-refractivity contribution in [2.75, 3.05) is 0 Å². The lowest BCUT2D eigenvalue weighted by Crippen LogP contribution is -2.46. The fourth-order valence-corrected chi connectivity index (χ4v) is 2.80. The summed E-state index contributed by atoms with van der Waals surface area (Å²) in [5, 5.41) is 3.74. The molecule has 1 nitrogen and oxygen atoms in total. The molecule has 0 amide bonds. The van der Waals surface area contributed by atoms with Crippen molar-refractivity contribution < 1.29 is 0 Å². The molecule has 1 saturated carbocycles. The lowest BCUT2D eigenvalue weighted by atomic mass is 9.69. The van der Waals surface area contributed by atoms with Crippen molar-refractivity contribution in [3.8, 4) is 0 Å². The Morgan fingerprint density at radius 2 is 1.64 bits per heavy atom. The summed E-state index contributed by atoms with van der Waals surface area (Å²) >= 11 is 0. The molecule has 1 heteroatoms. The summed E-state index contributed by atoms with van der Waals surface area (Å²) in [6.45, 7) is 11.7. The van der Waals surface area contributed by atoms with Crippen molar-refractivity contribution in [2.24, 2.45) is 11.3 Å². The zero-order valence-corrected chi connectivity index (χ0v) is 10.6. The molecule has 0 heterocycles.